The van der Waals surface area contributed by atoms with Crippen LogP contribution in [0.15, 0.2) is 53.6 Å². The van der Waals surface area contributed by atoms with Crippen molar-refractivity contribution >= 4 is 44.9 Å². The lowest BCUT2D eigenvalue weighted by Gasteiger charge is -2.13. The summed E-state index contributed by atoms with van der Waals surface area (Å²) in [6, 6.07) is 12.2. The van der Waals surface area contributed by atoms with E-state index in [9.17, 15) is 25.0 Å². The zero-order chi connectivity index (χ0) is 25.3. The van der Waals surface area contributed by atoms with Gasteiger partial charge in [-0.1, -0.05) is 0 Å². The Hall–Kier alpha value is -4.58. The molecule has 178 valence electrons. The molecule has 0 unspecified atom stereocenters. The van der Waals surface area contributed by atoms with Crippen molar-refractivity contribution in [2.75, 3.05) is 7.11 Å². The number of ether oxygens (including phenoxy) is 1. The highest BCUT2D eigenvalue weighted by molar-refractivity contribution is 7.20. The maximum atomic E-state index is 12.6. The molecule has 0 atom stereocenters. The van der Waals surface area contributed by atoms with Crippen LogP contribution < -0.4 is 10.2 Å². The van der Waals surface area contributed by atoms with Gasteiger partial charge in [-0.15, -0.1) is 11.3 Å². The molecule has 2 aromatic carbocycles. The van der Waals surface area contributed by atoms with Gasteiger partial charge in [-0.3, -0.25) is 25.0 Å². The van der Waals surface area contributed by atoms with E-state index in [1.807, 2.05) is 24.5 Å². The molecule has 0 saturated carbocycles. The van der Waals surface area contributed by atoms with Crippen molar-refractivity contribution in [3.05, 3.63) is 90.6 Å². The largest absolute Gasteiger partial charge is 0.495 e. The summed E-state index contributed by atoms with van der Waals surface area (Å²) in [6.07, 6.45) is 1.48. The maximum absolute atomic E-state index is 12.6. The van der Waals surface area contributed by atoms with E-state index in [1.165, 1.54) is 48.9 Å². The minimum absolute atomic E-state index is 0.0454. The molecule has 0 aliphatic carbocycles. The molecular weight excluding hydrogens is 474 g/mol. The van der Waals surface area contributed by atoms with E-state index in [0.717, 1.165) is 16.1 Å². The number of carbonyl (C=O) groups is 1. The van der Waals surface area contributed by atoms with Crippen molar-refractivity contribution in [1.82, 2.24) is 9.99 Å². The van der Waals surface area contributed by atoms with Gasteiger partial charge in [0.25, 0.3) is 17.3 Å². The smallest absolute Gasteiger partial charge is 0.281 e. The van der Waals surface area contributed by atoms with Gasteiger partial charge >= 0.3 is 0 Å². The second-order valence-corrected chi connectivity index (χ2v) is 8.65. The number of non-ortho nitro benzene ring substituents is 2. The topological polar surface area (TPSA) is 142 Å². The van der Waals surface area contributed by atoms with Gasteiger partial charge in [0, 0.05) is 51.3 Å². The number of aromatic nitrogens is 1. The minimum atomic E-state index is -0.485. The quantitative estimate of drug-likeness (QED) is 0.220. The van der Waals surface area contributed by atoms with Crippen molar-refractivity contribution in [3.63, 3.8) is 0 Å². The molecule has 35 heavy (non-hydrogen) atoms. The van der Waals surface area contributed by atoms with Crippen LogP contribution in [0, 0.1) is 34.1 Å². The zero-order valence-electron chi connectivity index (χ0n) is 18.8. The van der Waals surface area contributed by atoms with E-state index in [4.69, 9.17) is 4.74 Å². The Morgan fingerprint density at radius 1 is 1.06 bits per heavy atom. The van der Waals surface area contributed by atoms with E-state index >= 15 is 0 Å². The van der Waals surface area contributed by atoms with Crippen LogP contribution in [0.3, 0.4) is 0 Å². The number of benzene rings is 2. The van der Waals surface area contributed by atoms with Crippen LogP contribution in [0.1, 0.15) is 26.6 Å². The fraction of sp³-hybridized carbons (Fsp3) is 0.130. The Morgan fingerprint density at radius 2 is 1.74 bits per heavy atom. The second kappa shape index (κ2) is 9.35. The summed E-state index contributed by atoms with van der Waals surface area (Å²) in [5.74, 6) is 0.0263. The molecule has 4 aromatic rings. The summed E-state index contributed by atoms with van der Waals surface area (Å²) in [7, 11) is 1.49. The van der Waals surface area contributed by atoms with Gasteiger partial charge in [0.2, 0.25) is 0 Å². The second-order valence-electron chi connectivity index (χ2n) is 7.56. The zero-order valence-corrected chi connectivity index (χ0v) is 19.7. The summed E-state index contributed by atoms with van der Waals surface area (Å²) in [4.78, 5) is 34.2. The summed E-state index contributed by atoms with van der Waals surface area (Å²) in [6.45, 7) is 3.67. The van der Waals surface area contributed by atoms with Crippen molar-refractivity contribution < 1.29 is 19.4 Å². The van der Waals surface area contributed by atoms with Crippen LogP contribution in [-0.4, -0.2) is 33.6 Å². The van der Waals surface area contributed by atoms with Crippen molar-refractivity contribution in [3.8, 4) is 11.4 Å². The molecule has 1 amide bonds. The molecule has 12 heteroatoms. The van der Waals surface area contributed by atoms with Crippen molar-refractivity contribution in [2.24, 2.45) is 5.10 Å². The molecule has 4 rings (SSSR count). The molecule has 0 aliphatic rings. The van der Waals surface area contributed by atoms with E-state index in [2.05, 4.69) is 10.5 Å². The van der Waals surface area contributed by atoms with E-state index in [-0.39, 0.29) is 11.4 Å². The third-order valence-electron chi connectivity index (χ3n) is 5.39. The molecule has 0 radical (unpaired) electrons. The Kier molecular flexibility index (Phi) is 6.30. The fourth-order valence-electron chi connectivity index (χ4n) is 3.73. The number of hydrogen-bond acceptors (Lipinski definition) is 8. The molecule has 1 N–H and O–H groups in total. The summed E-state index contributed by atoms with van der Waals surface area (Å²) >= 11 is 1.21. The van der Waals surface area contributed by atoms with Crippen LogP contribution in [0.4, 0.5) is 11.4 Å². The average Bonchev–Trinajstić information content (AvgIpc) is 3.38. The molecule has 0 spiro atoms. The number of thiophene rings is 1. The number of amides is 1. The number of nitrogens with zero attached hydrogens (tertiary/aromatic N) is 4. The van der Waals surface area contributed by atoms with E-state index in [0.29, 0.717) is 27.3 Å². The van der Waals surface area contributed by atoms with Crippen LogP contribution in [0.5, 0.6) is 5.75 Å². The minimum Gasteiger partial charge on any atom is -0.495 e. The predicted octanol–water partition coefficient (Wildman–Crippen LogP) is 4.90. The Labute approximate surface area is 202 Å². The number of hydrazone groups is 1. The number of nitrogens with one attached hydrogen (secondary N) is 1. The van der Waals surface area contributed by atoms with E-state index in [1.54, 1.807) is 18.2 Å². The summed E-state index contributed by atoms with van der Waals surface area (Å²) in [5, 5.41) is 26.9. The molecule has 0 aliphatic heterocycles. The number of rotatable bonds is 7. The first kappa shape index (κ1) is 23.6. The average molecular weight is 494 g/mol. The first-order valence-electron chi connectivity index (χ1n) is 10.2. The monoisotopic (exact) mass is 493 g/mol. The number of hydrogen-bond donors (Lipinski definition) is 1. The number of methoxy groups -OCH3 is 1. The van der Waals surface area contributed by atoms with Gasteiger partial charge in [-0.05, 0) is 38.1 Å². The number of nitro benzene ring substituents is 2. The Balaban J connectivity index is 1.57. The SMILES string of the molecule is COc1ccc([N+](=O)[O-])cc1-n1c(C)cc(C=NNC(=O)c2cc3cc([N+](=O)[O-])ccc3s2)c1C. The third kappa shape index (κ3) is 4.59. The van der Waals surface area contributed by atoms with Gasteiger partial charge in [0.1, 0.15) is 5.75 Å². The Bertz CT molecular complexity index is 1520. The number of nitro groups is 2. The lowest BCUT2D eigenvalue weighted by Crippen LogP contribution is -2.16. The number of aryl methyl sites for hydroxylation is 1. The fourth-order valence-corrected chi connectivity index (χ4v) is 4.66. The van der Waals surface area contributed by atoms with Gasteiger partial charge < -0.3 is 9.30 Å². The highest BCUT2D eigenvalue weighted by Gasteiger charge is 2.18. The molecular formula is C23H19N5O6S. The van der Waals surface area contributed by atoms with Gasteiger partial charge in [0.05, 0.1) is 33.7 Å². The molecule has 11 nitrogen and oxygen atoms in total. The number of fused-ring (bicyclic) bond motifs is 1. The highest BCUT2D eigenvalue weighted by atomic mass is 32.1. The predicted molar refractivity (Wildman–Crippen MR) is 132 cm³/mol. The van der Waals surface area contributed by atoms with Crippen LogP contribution >= 0.6 is 11.3 Å². The standard InChI is InChI=1S/C23H19N5O6S/c1-13-8-16(14(2)26(13)19-11-18(28(32)33)4-6-20(19)34-3)12-24-25-23(29)22-10-15-9-17(27(30)31)5-7-21(15)35-22/h4-12H,1-3H3,(H,25,29). The lowest BCUT2D eigenvalue weighted by atomic mass is 10.2. The van der Waals surface area contributed by atoms with Crippen LogP contribution in [0.25, 0.3) is 15.8 Å². The van der Waals surface area contributed by atoms with Crippen LogP contribution in [-0.2, 0) is 0 Å². The molecule has 0 bridgehead atoms. The Morgan fingerprint density at radius 3 is 2.43 bits per heavy atom. The first-order chi connectivity index (χ1) is 16.7. The van der Waals surface area contributed by atoms with Crippen LogP contribution in [0.2, 0.25) is 0 Å². The van der Waals surface area contributed by atoms with Gasteiger partial charge in [0.15, 0.2) is 0 Å². The molecule has 2 aromatic heterocycles. The number of carbonyl (C=O) groups excluding carboxylic acids is 1. The maximum Gasteiger partial charge on any atom is 0.281 e. The summed E-state index contributed by atoms with van der Waals surface area (Å²) in [5.41, 5.74) is 5.11. The van der Waals surface area contributed by atoms with Crippen molar-refractivity contribution in [2.45, 2.75) is 13.8 Å². The normalized spacial score (nSPS) is 11.2. The lowest BCUT2D eigenvalue weighted by molar-refractivity contribution is -0.385. The molecule has 2 heterocycles. The van der Waals surface area contributed by atoms with Gasteiger partial charge in [-0.25, -0.2) is 5.43 Å². The van der Waals surface area contributed by atoms with Gasteiger partial charge in [-0.2, -0.15) is 5.10 Å². The summed E-state index contributed by atoms with van der Waals surface area (Å²) < 4.78 is 7.95. The highest BCUT2D eigenvalue weighted by Crippen LogP contribution is 2.31. The van der Waals surface area contributed by atoms with Crippen molar-refractivity contribution in [1.29, 1.82) is 0 Å². The first-order valence-corrected chi connectivity index (χ1v) is 11.0. The molecule has 0 saturated heterocycles. The molecule has 0 fully saturated rings. The van der Waals surface area contributed by atoms with E-state index < -0.39 is 15.8 Å². The third-order valence-corrected chi connectivity index (χ3v) is 6.50.